The molecule has 1 unspecified atom stereocenters. The lowest BCUT2D eigenvalue weighted by Gasteiger charge is -2.26. The minimum Gasteiger partial charge on any atom is -0.320 e. The Morgan fingerprint density at radius 1 is 1.30 bits per heavy atom. The quantitative estimate of drug-likeness (QED) is 0.922. The molecule has 4 heteroatoms. The van der Waals surface area contributed by atoms with Crippen LogP contribution in [0.4, 0.5) is 5.69 Å². The zero-order valence-electron chi connectivity index (χ0n) is 11.7. The Morgan fingerprint density at radius 3 is 2.80 bits per heavy atom. The van der Waals surface area contributed by atoms with E-state index in [9.17, 15) is 4.79 Å². The van der Waals surface area contributed by atoms with Crippen LogP contribution in [0.1, 0.15) is 34.0 Å². The van der Waals surface area contributed by atoms with Crippen molar-refractivity contribution in [2.45, 2.75) is 25.8 Å². The van der Waals surface area contributed by atoms with Crippen molar-refractivity contribution in [1.82, 2.24) is 0 Å². The molecule has 1 aliphatic rings. The van der Waals surface area contributed by atoms with Crippen molar-refractivity contribution in [3.63, 3.8) is 0 Å². The van der Waals surface area contributed by atoms with Gasteiger partial charge in [-0.3, -0.25) is 4.79 Å². The summed E-state index contributed by atoms with van der Waals surface area (Å²) in [5, 5.41) is 2.08. The number of fused-ring (bicyclic) bond motifs is 1. The molecule has 2 N–H and O–H groups in total. The minimum absolute atomic E-state index is 0.0803. The number of thiophene rings is 1. The summed E-state index contributed by atoms with van der Waals surface area (Å²) in [5.41, 5.74) is 11.0. The Kier molecular flexibility index (Phi) is 3.36. The Hall–Kier alpha value is -1.65. The van der Waals surface area contributed by atoms with Crippen LogP contribution in [0.25, 0.3) is 0 Å². The van der Waals surface area contributed by atoms with Crippen LogP contribution in [0.15, 0.2) is 29.6 Å². The third kappa shape index (κ3) is 2.15. The molecule has 1 amide bonds. The molecule has 1 aromatic carbocycles. The molecule has 104 valence electrons. The zero-order chi connectivity index (χ0) is 14.3. The number of benzene rings is 1. The molecule has 1 aliphatic heterocycles. The molecule has 3 rings (SSSR count). The molecule has 0 saturated carbocycles. The largest absolute Gasteiger partial charge is 0.320 e. The highest BCUT2D eigenvalue weighted by Gasteiger charge is 2.22. The van der Waals surface area contributed by atoms with Gasteiger partial charge in [-0.15, -0.1) is 11.3 Å². The average Bonchev–Trinajstić information content (AvgIpc) is 2.88. The topological polar surface area (TPSA) is 46.3 Å². The van der Waals surface area contributed by atoms with Crippen LogP contribution in [-0.4, -0.2) is 13.0 Å². The summed E-state index contributed by atoms with van der Waals surface area (Å²) in [6.45, 7) is 2.09. The van der Waals surface area contributed by atoms with Crippen molar-refractivity contribution in [3.8, 4) is 0 Å². The average molecular weight is 286 g/mol. The summed E-state index contributed by atoms with van der Waals surface area (Å²) in [6, 6.07) is 8.23. The van der Waals surface area contributed by atoms with Gasteiger partial charge in [0.1, 0.15) is 0 Å². The maximum atomic E-state index is 11.7. The van der Waals surface area contributed by atoms with E-state index in [1.54, 1.807) is 16.2 Å². The van der Waals surface area contributed by atoms with Crippen molar-refractivity contribution in [2.75, 3.05) is 11.9 Å². The van der Waals surface area contributed by atoms with E-state index in [0.717, 1.165) is 17.7 Å². The highest BCUT2D eigenvalue weighted by Crippen LogP contribution is 2.32. The molecule has 20 heavy (non-hydrogen) atoms. The fourth-order valence-electron chi connectivity index (χ4n) is 2.72. The van der Waals surface area contributed by atoms with Gasteiger partial charge < -0.3 is 10.6 Å². The van der Waals surface area contributed by atoms with Gasteiger partial charge in [0, 0.05) is 24.0 Å². The first-order valence-electron chi connectivity index (χ1n) is 6.77. The third-order valence-corrected chi connectivity index (χ3v) is 5.09. The second-order valence-corrected chi connectivity index (χ2v) is 6.23. The molecule has 1 atom stereocenters. The number of hydrogen-bond donors (Lipinski definition) is 1. The Bertz CT molecular complexity index is 662. The van der Waals surface area contributed by atoms with Gasteiger partial charge in [0.05, 0.1) is 6.04 Å². The fourth-order valence-corrected chi connectivity index (χ4v) is 3.68. The van der Waals surface area contributed by atoms with Gasteiger partial charge in [0.15, 0.2) is 0 Å². The van der Waals surface area contributed by atoms with E-state index in [2.05, 4.69) is 24.4 Å². The first-order chi connectivity index (χ1) is 9.58. The summed E-state index contributed by atoms with van der Waals surface area (Å²) < 4.78 is 0. The number of carbonyl (C=O) groups excluding carboxylic acids is 1. The second kappa shape index (κ2) is 5.04. The monoisotopic (exact) mass is 286 g/mol. The van der Waals surface area contributed by atoms with Gasteiger partial charge >= 0.3 is 0 Å². The first kappa shape index (κ1) is 13.3. The molecule has 0 aliphatic carbocycles. The van der Waals surface area contributed by atoms with E-state index in [1.807, 2.05) is 19.2 Å². The summed E-state index contributed by atoms with van der Waals surface area (Å²) in [7, 11) is 1.84. The number of anilines is 1. The van der Waals surface area contributed by atoms with E-state index in [4.69, 9.17) is 5.73 Å². The molecular weight excluding hydrogens is 268 g/mol. The molecule has 0 bridgehead atoms. The molecule has 0 radical (unpaired) electrons. The van der Waals surface area contributed by atoms with E-state index in [0.29, 0.717) is 6.42 Å². The maximum absolute atomic E-state index is 11.7. The molecule has 0 spiro atoms. The predicted molar refractivity (Wildman–Crippen MR) is 83.3 cm³/mol. The van der Waals surface area contributed by atoms with Crippen molar-refractivity contribution in [1.29, 1.82) is 0 Å². The molecule has 2 heterocycles. The first-order valence-corrected chi connectivity index (χ1v) is 7.65. The lowest BCUT2D eigenvalue weighted by molar-refractivity contribution is -0.118. The molecular formula is C16H18N2OS. The number of amides is 1. The zero-order valence-corrected chi connectivity index (χ0v) is 12.5. The summed E-state index contributed by atoms with van der Waals surface area (Å²) in [6.07, 6.45) is 1.39. The van der Waals surface area contributed by atoms with Crippen molar-refractivity contribution >= 4 is 22.9 Å². The number of nitrogens with zero attached hydrogens (tertiary/aromatic N) is 1. The van der Waals surface area contributed by atoms with Crippen LogP contribution < -0.4 is 10.6 Å². The van der Waals surface area contributed by atoms with E-state index >= 15 is 0 Å². The SMILES string of the molecule is Cc1ccsc1C(N)c1ccc2c(c1)CCC(=O)N2C. The van der Waals surface area contributed by atoms with Crippen LogP contribution in [0.2, 0.25) is 0 Å². The van der Waals surface area contributed by atoms with Gasteiger partial charge in [-0.1, -0.05) is 12.1 Å². The Morgan fingerprint density at radius 2 is 2.10 bits per heavy atom. The van der Waals surface area contributed by atoms with Gasteiger partial charge in [-0.25, -0.2) is 0 Å². The normalized spacial score (nSPS) is 16.1. The number of nitrogens with two attached hydrogens (primary N) is 1. The van der Waals surface area contributed by atoms with Gasteiger partial charge in [0.25, 0.3) is 0 Å². The molecule has 1 aromatic heterocycles. The Balaban J connectivity index is 1.97. The van der Waals surface area contributed by atoms with Crippen molar-refractivity contribution < 1.29 is 4.79 Å². The van der Waals surface area contributed by atoms with E-state index in [-0.39, 0.29) is 11.9 Å². The van der Waals surface area contributed by atoms with E-state index < -0.39 is 0 Å². The van der Waals surface area contributed by atoms with E-state index in [1.165, 1.54) is 16.0 Å². The highest BCUT2D eigenvalue weighted by molar-refractivity contribution is 7.10. The van der Waals surface area contributed by atoms with Crippen LogP contribution >= 0.6 is 11.3 Å². The fraction of sp³-hybridized carbons (Fsp3) is 0.312. The van der Waals surface area contributed by atoms with Crippen molar-refractivity contribution in [3.05, 3.63) is 51.2 Å². The van der Waals surface area contributed by atoms with Crippen LogP contribution in [0, 0.1) is 6.92 Å². The molecule has 0 saturated heterocycles. The van der Waals surface area contributed by atoms with Gasteiger partial charge in [0.2, 0.25) is 5.91 Å². The predicted octanol–water partition coefficient (Wildman–Crippen LogP) is 3.01. The number of carbonyl (C=O) groups is 1. The van der Waals surface area contributed by atoms with Crippen LogP contribution in [0.3, 0.4) is 0 Å². The van der Waals surface area contributed by atoms with Gasteiger partial charge in [-0.2, -0.15) is 0 Å². The molecule has 3 nitrogen and oxygen atoms in total. The number of rotatable bonds is 2. The third-order valence-electron chi connectivity index (χ3n) is 3.99. The highest BCUT2D eigenvalue weighted by atomic mass is 32.1. The summed E-state index contributed by atoms with van der Waals surface area (Å²) >= 11 is 1.70. The van der Waals surface area contributed by atoms with Gasteiger partial charge in [-0.05, 0) is 47.5 Å². The summed E-state index contributed by atoms with van der Waals surface area (Å²) in [4.78, 5) is 14.7. The number of hydrogen-bond acceptors (Lipinski definition) is 3. The maximum Gasteiger partial charge on any atom is 0.227 e. The Labute approximate surface area is 123 Å². The van der Waals surface area contributed by atoms with Crippen LogP contribution in [0.5, 0.6) is 0 Å². The summed E-state index contributed by atoms with van der Waals surface area (Å²) in [5.74, 6) is 0.184. The standard InChI is InChI=1S/C16H18N2OS/c1-10-7-8-20-16(10)15(17)12-3-5-13-11(9-12)4-6-14(19)18(13)2/h3,5,7-9,15H,4,6,17H2,1-2H3. The van der Waals surface area contributed by atoms with Crippen LogP contribution in [-0.2, 0) is 11.2 Å². The lowest BCUT2D eigenvalue weighted by atomic mass is 9.95. The van der Waals surface area contributed by atoms with Crippen molar-refractivity contribution in [2.24, 2.45) is 5.73 Å². The lowest BCUT2D eigenvalue weighted by Crippen LogP contribution is -2.31. The molecule has 2 aromatic rings. The molecule has 0 fully saturated rings. The smallest absolute Gasteiger partial charge is 0.227 e. The second-order valence-electron chi connectivity index (χ2n) is 5.29. The number of aryl methyl sites for hydroxylation is 2. The minimum atomic E-state index is -0.0803.